The van der Waals surface area contributed by atoms with Gasteiger partial charge >= 0.3 is 12.2 Å². The number of rotatable bonds is 3. The average Bonchev–Trinajstić information content (AvgIpc) is 2.50. The van der Waals surface area contributed by atoms with Crippen LogP contribution in [0.4, 0.5) is 15.4 Å². The van der Waals surface area contributed by atoms with Crippen LogP contribution in [0.3, 0.4) is 0 Å². The number of hydrogen-bond acceptors (Lipinski definition) is 6. The van der Waals surface area contributed by atoms with Gasteiger partial charge in [0, 0.05) is 0 Å². The van der Waals surface area contributed by atoms with Crippen LogP contribution in [-0.4, -0.2) is 28.4 Å². The molecule has 0 N–H and O–H groups in total. The van der Waals surface area contributed by atoms with Gasteiger partial charge in [0.1, 0.15) is 23.1 Å². The highest BCUT2D eigenvalue weighted by Gasteiger charge is 2.34. The quantitative estimate of drug-likeness (QED) is 0.726. The third-order valence-electron chi connectivity index (χ3n) is 3.49. The molecule has 0 aliphatic heterocycles. The third-order valence-corrected chi connectivity index (χ3v) is 3.49. The second kappa shape index (κ2) is 8.38. The summed E-state index contributed by atoms with van der Waals surface area (Å²) >= 11 is 0. The van der Waals surface area contributed by atoms with E-state index in [2.05, 4.69) is 11.1 Å². The van der Waals surface area contributed by atoms with Gasteiger partial charge in [-0.3, -0.25) is 0 Å². The number of carbonyl (C=O) groups excluding carboxylic acids is 2. The zero-order valence-electron chi connectivity index (χ0n) is 17.4. The third kappa shape index (κ3) is 6.55. The fraction of sp³-hybridized carbons (Fsp3) is 0.600. The van der Waals surface area contributed by atoms with Crippen molar-refractivity contribution >= 4 is 18.0 Å². The van der Waals surface area contributed by atoms with Crippen molar-refractivity contribution in [3.63, 3.8) is 0 Å². The second-order valence-electron chi connectivity index (χ2n) is 8.32. The maximum atomic E-state index is 12.7. The Morgan fingerprint density at radius 2 is 1.59 bits per heavy atom. The molecule has 0 saturated heterocycles. The molecule has 27 heavy (non-hydrogen) atoms. The first-order valence-corrected chi connectivity index (χ1v) is 8.96. The van der Waals surface area contributed by atoms with Gasteiger partial charge in [-0.1, -0.05) is 13.8 Å². The molecular weight excluding hydrogens is 346 g/mol. The lowest BCUT2D eigenvalue weighted by Crippen LogP contribution is -2.44. The van der Waals surface area contributed by atoms with E-state index in [9.17, 15) is 14.9 Å². The molecule has 0 aromatic carbocycles. The number of nitrogens with zero attached hydrogens (tertiary/aromatic N) is 3. The number of aromatic nitrogens is 1. The van der Waals surface area contributed by atoms with Crippen LogP contribution in [0.2, 0.25) is 0 Å². The monoisotopic (exact) mass is 375 g/mol. The Hall–Kier alpha value is -2.62. The fourth-order valence-corrected chi connectivity index (χ4v) is 2.13. The number of nitriles is 1. The molecule has 0 aliphatic carbocycles. The second-order valence-corrected chi connectivity index (χ2v) is 8.32. The molecule has 1 aromatic heterocycles. The molecular formula is C20H29N3O4. The van der Waals surface area contributed by atoms with Crippen LogP contribution in [0.15, 0.2) is 12.1 Å². The van der Waals surface area contributed by atoms with E-state index in [4.69, 9.17) is 9.47 Å². The average molecular weight is 375 g/mol. The van der Waals surface area contributed by atoms with E-state index in [1.54, 1.807) is 47.6 Å². The molecule has 0 spiro atoms. The predicted molar refractivity (Wildman–Crippen MR) is 103 cm³/mol. The van der Waals surface area contributed by atoms with Crippen LogP contribution in [0.5, 0.6) is 0 Å². The number of hydrogen-bond donors (Lipinski definition) is 0. The number of carbonyl (C=O) groups is 2. The van der Waals surface area contributed by atoms with Crippen molar-refractivity contribution in [1.29, 1.82) is 5.26 Å². The van der Waals surface area contributed by atoms with E-state index in [0.717, 1.165) is 11.3 Å². The van der Waals surface area contributed by atoms with Gasteiger partial charge in [0.25, 0.3) is 0 Å². The molecule has 148 valence electrons. The largest absolute Gasteiger partial charge is 0.443 e. The molecule has 2 amide bonds. The summed E-state index contributed by atoms with van der Waals surface area (Å²) in [5.74, 6) is 0.0477. The highest BCUT2D eigenvalue weighted by molar-refractivity contribution is 6.08. The van der Waals surface area contributed by atoms with Crippen molar-refractivity contribution in [2.45, 2.75) is 78.9 Å². The van der Waals surface area contributed by atoms with Crippen LogP contribution >= 0.6 is 0 Å². The minimum Gasteiger partial charge on any atom is -0.443 e. The van der Waals surface area contributed by atoms with Gasteiger partial charge in [-0.15, -0.1) is 0 Å². The van der Waals surface area contributed by atoms with Crippen molar-refractivity contribution < 1.29 is 19.1 Å². The molecule has 1 aromatic rings. The van der Waals surface area contributed by atoms with Crippen LogP contribution in [0, 0.1) is 11.3 Å². The zero-order chi connectivity index (χ0) is 21.0. The first-order valence-electron chi connectivity index (χ1n) is 8.96. The van der Waals surface area contributed by atoms with Crippen LogP contribution < -0.4 is 4.90 Å². The Morgan fingerprint density at radius 1 is 1.11 bits per heavy atom. The molecule has 1 rings (SSSR count). The SMILES string of the molecule is CC[C@H](C)c1nc(N(C(=O)OC(C)(C)C)C(=O)OC(C)(C)C)ccc1C#N. The number of anilines is 1. The van der Waals surface area contributed by atoms with E-state index in [-0.39, 0.29) is 11.7 Å². The number of imide groups is 1. The highest BCUT2D eigenvalue weighted by atomic mass is 16.6. The highest BCUT2D eigenvalue weighted by Crippen LogP contribution is 2.26. The van der Waals surface area contributed by atoms with Crippen molar-refractivity contribution in [3.05, 3.63) is 23.4 Å². The molecule has 0 bridgehead atoms. The minimum absolute atomic E-state index is 0.0151. The van der Waals surface area contributed by atoms with Crippen LogP contribution in [-0.2, 0) is 9.47 Å². The lowest BCUT2D eigenvalue weighted by Gasteiger charge is -2.28. The Labute approximate surface area is 161 Å². The van der Waals surface area contributed by atoms with E-state index >= 15 is 0 Å². The summed E-state index contributed by atoms with van der Waals surface area (Å²) in [6, 6.07) is 5.09. The van der Waals surface area contributed by atoms with E-state index in [0.29, 0.717) is 11.3 Å². The van der Waals surface area contributed by atoms with E-state index in [1.165, 1.54) is 6.07 Å². The summed E-state index contributed by atoms with van der Waals surface area (Å²) in [6.07, 6.45) is -1.02. The summed E-state index contributed by atoms with van der Waals surface area (Å²) < 4.78 is 10.7. The molecule has 0 radical (unpaired) electrons. The number of ether oxygens (including phenoxy) is 2. The summed E-state index contributed by atoms with van der Waals surface area (Å²) in [6.45, 7) is 14.1. The topological polar surface area (TPSA) is 92.5 Å². The molecule has 7 nitrogen and oxygen atoms in total. The zero-order valence-corrected chi connectivity index (χ0v) is 17.4. The number of amides is 2. The molecule has 1 atom stereocenters. The lowest BCUT2D eigenvalue weighted by molar-refractivity contribution is 0.0429. The normalized spacial score (nSPS) is 12.7. The molecule has 0 aliphatic rings. The maximum Gasteiger partial charge on any atom is 0.425 e. The van der Waals surface area contributed by atoms with Gasteiger partial charge in [0.2, 0.25) is 0 Å². The summed E-state index contributed by atoms with van der Waals surface area (Å²) in [4.78, 5) is 30.6. The summed E-state index contributed by atoms with van der Waals surface area (Å²) in [7, 11) is 0. The van der Waals surface area contributed by atoms with E-state index in [1.807, 2.05) is 13.8 Å². The fourth-order valence-electron chi connectivity index (χ4n) is 2.13. The molecule has 7 heteroatoms. The number of pyridine rings is 1. The van der Waals surface area contributed by atoms with E-state index < -0.39 is 23.4 Å². The van der Waals surface area contributed by atoms with Gasteiger partial charge in [0.05, 0.1) is 11.3 Å². The van der Waals surface area contributed by atoms with Gasteiger partial charge in [0.15, 0.2) is 0 Å². The Kier molecular flexibility index (Phi) is 6.96. The van der Waals surface area contributed by atoms with Gasteiger partial charge in [-0.25, -0.2) is 14.6 Å². The molecule has 1 heterocycles. The predicted octanol–water partition coefficient (Wildman–Crippen LogP) is 5.14. The summed E-state index contributed by atoms with van der Waals surface area (Å²) in [5.41, 5.74) is -0.677. The van der Waals surface area contributed by atoms with Crippen LogP contribution in [0.25, 0.3) is 0 Å². The Morgan fingerprint density at radius 3 is 1.96 bits per heavy atom. The van der Waals surface area contributed by atoms with Crippen LogP contribution in [0.1, 0.15) is 79.0 Å². The molecule has 0 saturated carbocycles. The van der Waals surface area contributed by atoms with Crippen molar-refractivity contribution in [2.75, 3.05) is 4.90 Å². The Balaban J connectivity index is 3.44. The molecule has 0 fully saturated rings. The maximum absolute atomic E-state index is 12.7. The summed E-state index contributed by atoms with van der Waals surface area (Å²) in [5, 5.41) is 9.33. The van der Waals surface area contributed by atoms with Crippen molar-refractivity contribution in [1.82, 2.24) is 4.98 Å². The minimum atomic E-state index is -0.885. The van der Waals surface area contributed by atoms with Crippen molar-refractivity contribution in [3.8, 4) is 6.07 Å². The van der Waals surface area contributed by atoms with Crippen molar-refractivity contribution in [2.24, 2.45) is 0 Å². The molecule has 0 unspecified atom stereocenters. The first-order chi connectivity index (χ1) is 12.3. The first kappa shape index (κ1) is 22.4. The standard InChI is InChI=1S/C20H29N3O4/c1-9-13(2)16-14(12-21)10-11-15(22-16)23(17(24)26-19(3,4)5)18(25)27-20(6,7)8/h10-11,13H,9H2,1-8H3/t13-/m0/s1. The van der Waals surface area contributed by atoms with Gasteiger partial charge < -0.3 is 9.47 Å². The van der Waals surface area contributed by atoms with Gasteiger partial charge in [-0.2, -0.15) is 10.2 Å². The smallest absolute Gasteiger partial charge is 0.425 e. The van der Waals surface area contributed by atoms with Gasteiger partial charge in [-0.05, 0) is 66.0 Å². The Bertz CT molecular complexity index is 711. The lowest BCUT2D eigenvalue weighted by atomic mass is 10.00.